The molecule has 0 spiro atoms. The number of fused-ring (bicyclic) bond motifs is 1. The summed E-state index contributed by atoms with van der Waals surface area (Å²) < 4.78 is 11.5. The second-order valence-electron chi connectivity index (χ2n) is 4.10. The van der Waals surface area contributed by atoms with Crippen LogP contribution in [0.15, 0.2) is 12.2 Å². The summed E-state index contributed by atoms with van der Waals surface area (Å²) in [6.07, 6.45) is 5.06. The van der Waals surface area contributed by atoms with Crippen LogP contribution >= 0.6 is 0 Å². The van der Waals surface area contributed by atoms with Crippen molar-refractivity contribution < 1.29 is 9.47 Å². The van der Waals surface area contributed by atoms with Crippen molar-refractivity contribution in [3.05, 3.63) is 12.2 Å². The lowest BCUT2D eigenvalue weighted by molar-refractivity contribution is -0.145. The van der Waals surface area contributed by atoms with E-state index < -0.39 is 5.79 Å². The van der Waals surface area contributed by atoms with Gasteiger partial charge in [0.05, 0.1) is 12.2 Å². The summed E-state index contributed by atoms with van der Waals surface area (Å²) in [5.74, 6) is 11.5. The second-order valence-corrected chi connectivity index (χ2v) is 4.10. The molecule has 0 aromatic rings. The van der Waals surface area contributed by atoms with E-state index in [1.807, 2.05) is 13.8 Å². The van der Waals surface area contributed by atoms with Crippen LogP contribution in [0.4, 0.5) is 0 Å². The third-order valence-electron chi connectivity index (χ3n) is 2.35. The van der Waals surface area contributed by atoms with E-state index in [-0.39, 0.29) is 12.2 Å². The molecule has 0 N–H and O–H groups in total. The van der Waals surface area contributed by atoms with Crippen LogP contribution in [-0.2, 0) is 9.47 Å². The summed E-state index contributed by atoms with van der Waals surface area (Å²) >= 11 is 0. The molecule has 1 saturated heterocycles. The van der Waals surface area contributed by atoms with Gasteiger partial charge in [0.25, 0.3) is 0 Å². The smallest absolute Gasteiger partial charge is 0.163 e. The van der Waals surface area contributed by atoms with Gasteiger partial charge in [-0.05, 0) is 26.0 Å². The molecule has 0 aromatic carbocycles. The molecule has 15 heavy (non-hydrogen) atoms. The average molecular weight is 202 g/mol. The fraction of sp³-hybridized carbons (Fsp3) is 0.538. The first-order valence-electron chi connectivity index (χ1n) is 5.15. The van der Waals surface area contributed by atoms with Gasteiger partial charge in [0.15, 0.2) is 5.79 Å². The van der Waals surface area contributed by atoms with E-state index in [4.69, 9.17) is 9.47 Å². The van der Waals surface area contributed by atoms with Crippen LogP contribution in [0.5, 0.6) is 0 Å². The zero-order valence-electron chi connectivity index (χ0n) is 9.04. The first kappa shape index (κ1) is 10.3. The molecule has 0 radical (unpaired) electrons. The summed E-state index contributed by atoms with van der Waals surface area (Å²) in [6, 6.07) is 0. The van der Waals surface area contributed by atoms with Crippen LogP contribution in [0.1, 0.15) is 26.7 Å². The summed E-state index contributed by atoms with van der Waals surface area (Å²) in [4.78, 5) is 0. The molecular weight excluding hydrogens is 188 g/mol. The molecule has 78 valence electrons. The Morgan fingerprint density at radius 1 is 1.00 bits per heavy atom. The minimum absolute atomic E-state index is 0.0494. The minimum atomic E-state index is -0.500. The van der Waals surface area contributed by atoms with Gasteiger partial charge < -0.3 is 9.47 Å². The standard InChI is InChI=1S/C13H14O2/c1-13(2)14-11-9-7-5-3-4-6-8-10-12(11)15-13/h3-4,11-12H,9-10H2,1-2H3/b4-3-/t11-,12-/m0/s1. The molecule has 2 aliphatic rings. The molecule has 2 heteroatoms. The highest BCUT2D eigenvalue weighted by Gasteiger charge is 2.40. The molecule has 2 atom stereocenters. The summed E-state index contributed by atoms with van der Waals surface area (Å²) in [5.41, 5.74) is 0. The zero-order valence-corrected chi connectivity index (χ0v) is 9.04. The summed E-state index contributed by atoms with van der Waals surface area (Å²) in [6.45, 7) is 3.86. The van der Waals surface area contributed by atoms with E-state index in [1.54, 1.807) is 12.2 Å². The van der Waals surface area contributed by atoms with Crippen molar-refractivity contribution in [3.63, 3.8) is 0 Å². The van der Waals surface area contributed by atoms with Gasteiger partial charge in [-0.3, -0.25) is 0 Å². The number of hydrogen-bond donors (Lipinski definition) is 0. The van der Waals surface area contributed by atoms with Crippen LogP contribution in [0.3, 0.4) is 0 Å². The van der Waals surface area contributed by atoms with Gasteiger partial charge >= 0.3 is 0 Å². The quantitative estimate of drug-likeness (QED) is 0.558. The van der Waals surface area contributed by atoms with E-state index >= 15 is 0 Å². The molecule has 1 aliphatic carbocycles. The lowest BCUT2D eigenvalue weighted by Gasteiger charge is -2.16. The Hall–Kier alpha value is -1.22. The van der Waals surface area contributed by atoms with E-state index in [9.17, 15) is 0 Å². The molecule has 0 bridgehead atoms. The molecule has 0 saturated carbocycles. The van der Waals surface area contributed by atoms with Crippen molar-refractivity contribution in [3.8, 4) is 23.7 Å². The molecule has 0 unspecified atom stereocenters. The lowest BCUT2D eigenvalue weighted by atomic mass is 10.1. The predicted octanol–water partition coefficient (Wildman–Crippen LogP) is 1.86. The Morgan fingerprint density at radius 2 is 1.47 bits per heavy atom. The molecule has 1 fully saturated rings. The van der Waals surface area contributed by atoms with E-state index in [2.05, 4.69) is 23.7 Å². The topological polar surface area (TPSA) is 18.5 Å². The lowest BCUT2D eigenvalue weighted by Crippen LogP contribution is -2.21. The highest BCUT2D eigenvalue weighted by Crippen LogP contribution is 2.31. The van der Waals surface area contributed by atoms with E-state index in [0.29, 0.717) is 12.8 Å². The molecule has 1 heterocycles. The molecule has 1 aliphatic heterocycles. The van der Waals surface area contributed by atoms with Gasteiger partial charge in [-0.25, -0.2) is 0 Å². The largest absolute Gasteiger partial charge is 0.344 e. The van der Waals surface area contributed by atoms with Gasteiger partial charge in [-0.1, -0.05) is 23.7 Å². The Labute approximate surface area is 90.6 Å². The molecular formula is C13H14O2. The monoisotopic (exact) mass is 202 g/mol. The van der Waals surface area contributed by atoms with E-state index in [1.165, 1.54) is 0 Å². The van der Waals surface area contributed by atoms with Crippen LogP contribution in [-0.4, -0.2) is 18.0 Å². The van der Waals surface area contributed by atoms with Crippen molar-refractivity contribution in [1.29, 1.82) is 0 Å². The van der Waals surface area contributed by atoms with Gasteiger partial charge in [0, 0.05) is 12.8 Å². The highest BCUT2D eigenvalue weighted by atomic mass is 16.7. The van der Waals surface area contributed by atoms with Crippen molar-refractivity contribution in [2.45, 2.75) is 44.7 Å². The van der Waals surface area contributed by atoms with Gasteiger partial charge in [-0.15, -0.1) is 0 Å². The number of rotatable bonds is 0. The Kier molecular flexibility index (Phi) is 2.82. The maximum Gasteiger partial charge on any atom is 0.163 e. The van der Waals surface area contributed by atoms with Crippen LogP contribution < -0.4 is 0 Å². The zero-order chi connectivity index (χ0) is 10.7. The average Bonchev–Trinajstić information content (AvgIpc) is 2.46. The number of allylic oxidation sites excluding steroid dienone is 2. The predicted molar refractivity (Wildman–Crippen MR) is 57.8 cm³/mol. The van der Waals surface area contributed by atoms with E-state index in [0.717, 1.165) is 0 Å². The molecule has 0 amide bonds. The fourth-order valence-electron chi connectivity index (χ4n) is 1.78. The Morgan fingerprint density at radius 3 is 1.93 bits per heavy atom. The van der Waals surface area contributed by atoms with Crippen LogP contribution in [0, 0.1) is 23.7 Å². The van der Waals surface area contributed by atoms with Crippen molar-refractivity contribution >= 4 is 0 Å². The SMILES string of the molecule is CC1(C)O[C@H]2CC#C/C=C\C#CC[C@@H]2O1. The first-order valence-corrected chi connectivity index (χ1v) is 5.15. The molecule has 2 nitrogen and oxygen atoms in total. The maximum atomic E-state index is 5.77. The Bertz CT molecular complexity index is 348. The third-order valence-corrected chi connectivity index (χ3v) is 2.35. The van der Waals surface area contributed by atoms with Crippen molar-refractivity contribution in [2.24, 2.45) is 0 Å². The minimum Gasteiger partial charge on any atom is -0.344 e. The van der Waals surface area contributed by atoms with Gasteiger partial charge in [0.2, 0.25) is 0 Å². The normalized spacial score (nSPS) is 34.0. The number of ether oxygens (including phenoxy) is 2. The van der Waals surface area contributed by atoms with Crippen LogP contribution in [0.2, 0.25) is 0 Å². The maximum absolute atomic E-state index is 5.77. The first-order chi connectivity index (χ1) is 7.17. The van der Waals surface area contributed by atoms with Gasteiger partial charge in [0.1, 0.15) is 0 Å². The third kappa shape index (κ3) is 2.63. The second kappa shape index (κ2) is 4.11. The fourth-order valence-corrected chi connectivity index (χ4v) is 1.78. The highest BCUT2D eigenvalue weighted by molar-refractivity contribution is 5.26. The number of hydrogen-bond acceptors (Lipinski definition) is 2. The molecule has 0 aromatic heterocycles. The molecule has 2 rings (SSSR count). The van der Waals surface area contributed by atoms with Crippen LogP contribution in [0.25, 0.3) is 0 Å². The van der Waals surface area contributed by atoms with Crippen molar-refractivity contribution in [2.75, 3.05) is 0 Å². The Balaban J connectivity index is 2.15. The van der Waals surface area contributed by atoms with Crippen molar-refractivity contribution in [1.82, 2.24) is 0 Å². The summed E-state index contributed by atoms with van der Waals surface area (Å²) in [5, 5.41) is 0. The van der Waals surface area contributed by atoms with Gasteiger partial charge in [-0.2, -0.15) is 0 Å². The summed E-state index contributed by atoms with van der Waals surface area (Å²) in [7, 11) is 0.